The maximum atomic E-state index is 12.3. The molecule has 0 radical (unpaired) electrons. The first kappa shape index (κ1) is 15.1. The largest absolute Gasteiger partial charge is 0.313 e. The Balaban J connectivity index is 2.28. The zero-order valence-corrected chi connectivity index (χ0v) is 11.3. The third kappa shape index (κ3) is 5.12. The topological polar surface area (TPSA) is 29.9 Å². The van der Waals surface area contributed by atoms with Gasteiger partial charge in [0.15, 0.2) is 0 Å². The summed E-state index contributed by atoms with van der Waals surface area (Å²) in [6, 6.07) is 0. The molecule has 1 aromatic rings. The number of alkyl halides is 2. The summed E-state index contributed by atoms with van der Waals surface area (Å²) in [5, 5.41) is 7.31. The molecule has 0 saturated heterocycles. The number of rotatable bonds is 9. The molecule has 0 bridgehead atoms. The van der Waals surface area contributed by atoms with Crippen molar-refractivity contribution in [2.75, 3.05) is 6.54 Å². The zero-order valence-electron chi connectivity index (χ0n) is 11.3. The Bertz CT molecular complexity index is 337. The second-order valence-corrected chi connectivity index (χ2v) is 4.57. The summed E-state index contributed by atoms with van der Waals surface area (Å²) >= 11 is 0. The van der Waals surface area contributed by atoms with E-state index in [4.69, 9.17) is 0 Å². The lowest BCUT2D eigenvalue weighted by Gasteiger charge is -2.06. The Morgan fingerprint density at radius 1 is 1.33 bits per heavy atom. The lowest BCUT2D eigenvalue weighted by Crippen LogP contribution is -2.15. The van der Waals surface area contributed by atoms with Gasteiger partial charge in [-0.1, -0.05) is 26.2 Å². The summed E-state index contributed by atoms with van der Waals surface area (Å²) < 4.78 is 25.9. The van der Waals surface area contributed by atoms with Gasteiger partial charge in [-0.2, -0.15) is 5.10 Å². The molecule has 1 rings (SSSR count). The SMILES string of the molecule is CCCCCCNCc1cnn(CC(F)F)c1C. The summed E-state index contributed by atoms with van der Waals surface area (Å²) in [5.74, 6) is 0. The Labute approximate surface area is 108 Å². The standard InChI is InChI=1S/C13H23F2N3/c1-3-4-5-6-7-16-8-12-9-17-18(11(12)2)10-13(14)15/h9,13,16H,3-8,10H2,1-2H3. The number of halogens is 2. The molecule has 104 valence electrons. The molecule has 0 amide bonds. The van der Waals surface area contributed by atoms with E-state index in [1.807, 2.05) is 6.92 Å². The van der Waals surface area contributed by atoms with Gasteiger partial charge in [-0.05, 0) is 19.9 Å². The van der Waals surface area contributed by atoms with Gasteiger partial charge in [0.1, 0.15) is 6.54 Å². The maximum Gasteiger partial charge on any atom is 0.257 e. The van der Waals surface area contributed by atoms with Gasteiger partial charge >= 0.3 is 0 Å². The average molecular weight is 259 g/mol. The molecule has 0 atom stereocenters. The van der Waals surface area contributed by atoms with Crippen molar-refractivity contribution < 1.29 is 8.78 Å². The third-order valence-electron chi connectivity index (χ3n) is 3.04. The molecule has 0 aliphatic rings. The van der Waals surface area contributed by atoms with Crippen LogP contribution in [-0.4, -0.2) is 22.8 Å². The van der Waals surface area contributed by atoms with Crippen LogP contribution in [0.5, 0.6) is 0 Å². The van der Waals surface area contributed by atoms with E-state index in [2.05, 4.69) is 17.3 Å². The van der Waals surface area contributed by atoms with Crippen LogP contribution >= 0.6 is 0 Å². The smallest absolute Gasteiger partial charge is 0.257 e. The second kappa shape index (κ2) is 8.19. The van der Waals surface area contributed by atoms with Crippen molar-refractivity contribution in [2.24, 2.45) is 0 Å². The molecule has 0 aliphatic carbocycles. The summed E-state index contributed by atoms with van der Waals surface area (Å²) in [4.78, 5) is 0. The summed E-state index contributed by atoms with van der Waals surface area (Å²) in [5.41, 5.74) is 1.84. The Kier molecular flexibility index (Phi) is 6.86. The first-order valence-corrected chi connectivity index (χ1v) is 6.65. The van der Waals surface area contributed by atoms with Crippen LogP contribution in [0.4, 0.5) is 8.78 Å². The van der Waals surface area contributed by atoms with E-state index in [1.54, 1.807) is 6.20 Å². The highest BCUT2D eigenvalue weighted by Crippen LogP contribution is 2.09. The van der Waals surface area contributed by atoms with Crippen molar-refractivity contribution in [1.82, 2.24) is 15.1 Å². The predicted octanol–water partition coefficient (Wildman–Crippen LogP) is 3.13. The fourth-order valence-corrected chi connectivity index (χ4v) is 1.87. The van der Waals surface area contributed by atoms with Crippen molar-refractivity contribution >= 4 is 0 Å². The van der Waals surface area contributed by atoms with Gasteiger partial charge in [-0.3, -0.25) is 4.68 Å². The highest BCUT2D eigenvalue weighted by molar-refractivity contribution is 5.15. The number of nitrogens with zero attached hydrogens (tertiary/aromatic N) is 2. The molecule has 1 N–H and O–H groups in total. The summed E-state index contributed by atoms with van der Waals surface area (Å²) in [7, 11) is 0. The minimum Gasteiger partial charge on any atom is -0.313 e. The van der Waals surface area contributed by atoms with Gasteiger partial charge in [-0.25, -0.2) is 8.78 Å². The fourth-order valence-electron chi connectivity index (χ4n) is 1.87. The van der Waals surface area contributed by atoms with Crippen LogP contribution in [0.25, 0.3) is 0 Å². The van der Waals surface area contributed by atoms with Crippen LogP contribution in [0, 0.1) is 6.92 Å². The van der Waals surface area contributed by atoms with E-state index in [-0.39, 0.29) is 6.54 Å². The molecule has 5 heteroatoms. The zero-order chi connectivity index (χ0) is 13.4. The maximum absolute atomic E-state index is 12.3. The number of aromatic nitrogens is 2. The Morgan fingerprint density at radius 3 is 2.78 bits per heavy atom. The van der Waals surface area contributed by atoms with Crippen LogP contribution in [0.3, 0.4) is 0 Å². The van der Waals surface area contributed by atoms with Gasteiger partial charge in [0.05, 0.1) is 6.20 Å². The molecule has 1 heterocycles. The van der Waals surface area contributed by atoms with E-state index >= 15 is 0 Å². The van der Waals surface area contributed by atoms with E-state index in [9.17, 15) is 8.78 Å². The summed E-state index contributed by atoms with van der Waals surface area (Å²) in [6.45, 7) is 5.39. The molecule has 0 aromatic carbocycles. The quantitative estimate of drug-likeness (QED) is 0.690. The van der Waals surface area contributed by atoms with Gasteiger partial charge in [0.25, 0.3) is 6.43 Å². The number of unbranched alkanes of at least 4 members (excludes halogenated alkanes) is 3. The molecule has 0 unspecified atom stereocenters. The van der Waals surface area contributed by atoms with Crippen LogP contribution in [0.2, 0.25) is 0 Å². The lowest BCUT2D eigenvalue weighted by molar-refractivity contribution is 0.121. The van der Waals surface area contributed by atoms with Gasteiger partial charge < -0.3 is 5.32 Å². The van der Waals surface area contributed by atoms with Crippen LogP contribution < -0.4 is 5.32 Å². The molecule has 0 aliphatic heterocycles. The molecule has 3 nitrogen and oxygen atoms in total. The van der Waals surface area contributed by atoms with Crippen molar-refractivity contribution in [2.45, 2.75) is 59.0 Å². The van der Waals surface area contributed by atoms with Crippen molar-refractivity contribution in [3.05, 3.63) is 17.5 Å². The van der Waals surface area contributed by atoms with Gasteiger partial charge in [0, 0.05) is 17.8 Å². The monoisotopic (exact) mass is 259 g/mol. The van der Waals surface area contributed by atoms with Crippen molar-refractivity contribution in [3.8, 4) is 0 Å². The second-order valence-electron chi connectivity index (χ2n) is 4.57. The normalized spacial score (nSPS) is 11.4. The molecule has 0 fully saturated rings. The average Bonchev–Trinajstić information content (AvgIpc) is 2.65. The van der Waals surface area contributed by atoms with Crippen molar-refractivity contribution in [1.29, 1.82) is 0 Å². The Hall–Kier alpha value is -0.970. The first-order valence-electron chi connectivity index (χ1n) is 6.65. The molecule has 18 heavy (non-hydrogen) atoms. The number of hydrogen-bond acceptors (Lipinski definition) is 2. The molecular formula is C13H23F2N3. The Morgan fingerprint density at radius 2 is 2.11 bits per heavy atom. The minimum absolute atomic E-state index is 0.317. The van der Waals surface area contributed by atoms with E-state index in [0.29, 0.717) is 6.54 Å². The van der Waals surface area contributed by atoms with Gasteiger partial charge in [-0.15, -0.1) is 0 Å². The summed E-state index contributed by atoms with van der Waals surface area (Å²) in [6.07, 6.45) is 4.24. The highest BCUT2D eigenvalue weighted by Gasteiger charge is 2.10. The van der Waals surface area contributed by atoms with E-state index in [1.165, 1.54) is 23.9 Å². The van der Waals surface area contributed by atoms with Crippen LogP contribution in [-0.2, 0) is 13.1 Å². The predicted molar refractivity (Wildman–Crippen MR) is 68.8 cm³/mol. The lowest BCUT2D eigenvalue weighted by atomic mass is 10.2. The van der Waals surface area contributed by atoms with Gasteiger partial charge in [0.2, 0.25) is 0 Å². The number of hydrogen-bond donors (Lipinski definition) is 1. The minimum atomic E-state index is -2.35. The molecule has 0 spiro atoms. The highest BCUT2D eigenvalue weighted by atomic mass is 19.3. The fraction of sp³-hybridized carbons (Fsp3) is 0.769. The molecule has 1 aromatic heterocycles. The van der Waals surface area contributed by atoms with Crippen molar-refractivity contribution in [3.63, 3.8) is 0 Å². The number of nitrogens with one attached hydrogen (secondary N) is 1. The molecular weight excluding hydrogens is 236 g/mol. The third-order valence-corrected chi connectivity index (χ3v) is 3.04. The first-order chi connectivity index (χ1) is 8.65. The molecule has 0 saturated carbocycles. The van der Waals surface area contributed by atoms with E-state index < -0.39 is 6.43 Å². The van der Waals surface area contributed by atoms with Crippen LogP contribution in [0.15, 0.2) is 6.20 Å². The van der Waals surface area contributed by atoms with Crippen LogP contribution in [0.1, 0.15) is 43.9 Å². The van der Waals surface area contributed by atoms with E-state index in [0.717, 1.165) is 24.2 Å².